The highest BCUT2D eigenvalue weighted by Crippen LogP contribution is 2.30. The van der Waals surface area contributed by atoms with Gasteiger partial charge in [0.25, 0.3) is 0 Å². The molecule has 0 amide bonds. The van der Waals surface area contributed by atoms with E-state index in [1.165, 1.54) is 25.7 Å². The molecule has 4 nitrogen and oxygen atoms in total. The molecule has 0 aromatic heterocycles. The Hall–Kier alpha value is -0.980. The van der Waals surface area contributed by atoms with Gasteiger partial charge in [-0.1, -0.05) is 25.1 Å². The molecule has 0 radical (unpaired) electrons. The molecule has 1 heterocycles. The number of hydrogen-bond donors (Lipinski definition) is 1. The van der Waals surface area contributed by atoms with Gasteiger partial charge >= 0.3 is 0 Å². The van der Waals surface area contributed by atoms with Crippen molar-refractivity contribution in [1.29, 1.82) is 0 Å². The third kappa shape index (κ3) is 5.55. The lowest BCUT2D eigenvalue weighted by Gasteiger charge is -2.31. The van der Waals surface area contributed by atoms with Crippen LogP contribution in [0.1, 0.15) is 38.2 Å². The van der Waals surface area contributed by atoms with Gasteiger partial charge in [-0.05, 0) is 43.6 Å². The molecule has 2 fully saturated rings. The van der Waals surface area contributed by atoms with Gasteiger partial charge in [-0.3, -0.25) is 0 Å². The largest absolute Gasteiger partial charge is 0.493 e. The van der Waals surface area contributed by atoms with Crippen molar-refractivity contribution in [3.05, 3.63) is 29.8 Å². The summed E-state index contributed by atoms with van der Waals surface area (Å²) in [5, 5.41) is 0. The minimum atomic E-state index is 0. The summed E-state index contributed by atoms with van der Waals surface area (Å²) in [7, 11) is 0. The average molecular weight is 429 g/mol. The zero-order valence-electron chi connectivity index (χ0n) is 13.9. The van der Waals surface area contributed by atoms with Crippen LogP contribution in [0.3, 0.4) is 0 Å². The summed E-state index contributed by atoms with van der Waals surface area (Å²) in [4.78, 5) is 6.81. The Balaban J connectivity index is 0.00000192. The summed E-state index contributed by atoms with van der Waals surface area (Å²) in [6, 6.07) is 8.17. The number of hydrogen-bond acceptors (Lipinski definition) is 2. The highest BCUT2D eigenvalue weighted by molar-refractivity contribution is 14.0. The van der Waals surface area contributed by atoms with Crippen LogP contribution in [0.2, 0.25) is 0 Å². The normalized spacial score (nSPS) is 21.7. The Morgan fingerprint density at radius 1 is 1.30 bits per heavy atom. The lowest BCUT2D eigenvalue weighted by atomic mass is 10.0. The molecule has 1 aromatic carbocycles. The van der Waals surface area contributed by atoms with Crippen molar-refractivity contribution in [3.8, 4) is 5.75 Å². The SMILES string of the molecule is CC1CCCN(C(N)=NCc2ccccc2OCC2CC2)C1.I. The summed E-state index contributed by atoms with van der Waals surface area (Å²) in [5.41, 5.74) is 7.30. The molecule has 1 aromatic rings. The number of nitrogens with two attached hydrogens (primary N) is 1. The first-order valence-corrected chi connectivity index (χ1v) is 8.48. The number of para-hydroxylation sites is 1. The quantitative estimate of drug-likeness (QED) is 0.442. The number of ether oxygens (including phenoxy) is 1. The molecule has 1 unspecified atom stereocenters. The predicted octanol–water partition coefficient (Wildman–Crippen LogP) is 3.64. The number of nitrogens with zero attached hydrogens (tertiary/aromatic N) is 2. The van der Waals surface area contributed by atoms with Crippen LogP contribution >= 0.6 is 24.0 Å². The van der Waals surface area contributed by atoms with Crippen LogP contribution in [0, 0.1) is 11.8 Å². The predicted molar refractivity (Wildman–Crippen MR) is 105 cm³/mol. The Bertz CT molecular complexity index is 531. The van der Waals surface area contributed by atoms with Crippen LogP contribution in [0.5, 0.6) is 5.75 Å². The van der Waals surface area contributed by atoms with Crippen molar-refractivity contribution in [2.75, 3.05) is 19.7 Å². The fraction of sp³-hybridized carbons (Fsp3) is 0.611. The first kappa shape index (κ1) is 18.4. The molecule has 1 aliphatic carbocycles. The van der Waals surface area contributed by atoms with Gasteiger partial charge in [-0.15, -0.1) is 24.0 Å². The highest BCUT2D eigenvalue weighted by atomic mass is 127. The van der Waals surface area contributed by atoms with Crippen molar-refractivity contribution in [1.82, 2.24) is 4.90 Å². The van der Waals surface area contributed by atoms with Gasteiger partial charge in [0.15, 0.2) is 5.96 Å². The number of likely N-dealkylation sites (tertiary alicyclic amines) is 1. The van der Waals surface area contributed by atoms with E-state index in [2.05, 4.69) is 22.9 Å². The number of aliphatic imine (C=N–C) groups is 1. The molecule has 5 heteroatoms. The minimum absolute atomic E-state index is 0. The summed E-state index contributed by atoms with van der Waals surface area (Å²) in [6.45, 7) is 5.76. The third-order valence-electron chi connectivity index (χ3n) is 4.54. The van der Waals surface area contributed by atoms with E-state index in [0.29, 0.717) is 18.4 Å². The van der Waals surface area contributed by atoms with E-state index in [9.17, 15) is 0 Å². The fourth-order valence-corrected chi connectivity index (χ4v) is 2.93. The first-order chi connectivity index (χ1) is 10.7. The molecule has 128 valence electrons. The summed E-state index contributed by atoms with van der Waals surface area (Å²) in [6.07, 6.45) is 5.11. The number of halogens is 1. The number of benzene rings is 1. The smallest absolute Gasteiger partial charge is 0.191 e. The monoisotopic (exact) mass is 429 g/mol. The van der Waals surface area contributed by atoms with Crippen molar-refractivity contribution in [2.24, 2.45) is 22.6 Å². The van der Waals surface area contributed by atoms with Gasteiger partial charge in [0.1, 0.15) is 5.75 Å². The second-order valence-electron chi connectivity index (χ2n) is 6.73. The van der Waals surface area contributed by atoms with Crippen LogP contribution in [-0.4, -0.2) is 30.6 Å². The zero-order chi connectivity index (χ0) is 15.4. The van der Waals surface area contributed by atoms with Crippen LogP contribution in [0.15, 0.2) is 29.3 Å². The van der Waals surface area contributed by atoms with Gasteiger partial charge in [0, 0.05) is 18.7 Å². The minimum Gasteiger partial charge on any atom is -0.493 e. The Morgan fingerprint density at radius 3 is 2.83 bits per heavy atom. The topological polar surface area (TPSA) is 50.8 Å². The maximum Gasteiger partial charge on any atom is 0.191 e. The van der Waals surface area contributed by atoms with Crippen molar-refractivity contribution in [3.63, 3.8) is 0 Å². The number of guanidine groups is 1. The van der Waals surface area contributed by atoms with Gasteiger partial charge in [-0.25, -0.2) is 4.99 Å². The van der Waals surface area contributed by atoms with Gasteiger partial charge in [0.2, 0.25) is 0 Å². The average Bonchev–Trinajstić information content (AvgIpc) is 3.35. The highest BCUT2D eigenvalue weighted by Gasteiger charge is 2.22. The standard InChI is InChI=1S/C18H27N3O.HI/c1-14-5-4-10-21(12-14)18(19)20-11-16-6-2-3-7-17(16)22-13-15-8-9-15;/h2-3,6-7,14-15H,4-5,8-13H2,1H3,(H2,19,20);1H. The second-order valence-corrected chi connectivity index (χ2v) is 6.73. The van der Waals surface area contributed by atoms with Gasteiger partial charge in [0.05, 0.1) is 13.2 Å². The van der Waals surface area contributed by atoms with Crippen LogP contribution in [-0.2, 0) is 6.54 Å². The van der Waals surface area contributed by atoms with Gasteiger partial charge in [-0.2, -0.15) is 0 Å². The second kappa shape index (κ2) is 8.76. The van der Waals surface area contributed by atoms with E-state index in [1.807, 2.05) is 18.2 Å². The fourth-order valence-electron chi connectivity index (χ4n) is 2.93. The lowest BCUT2D eigenvalue weighted by molar-refractivity contribution is 0.270. The molecular weight excluding hydrogens is 401 g/mol. The Kier molecular flexibility index (Phi) is 6.99. The van der Waals surface area contributed by atoms with E-state index >= 15 is 0 Å². The number of rotatable bonds is 5. The van der Waals surface area contributed by atoms with E-state index in [4.69, 9.17) is 10.5 Å². The molecule has 1 aliphatic heterocycles. The van der Waals surface area contributed by atoms with Crippen molar-refractivity contribution < 1.29 is 4.74 Å². The molecule has 2 aliphatic rings. The van der Waals surface area contributed by atoms with E-state index < -0.39 is 0 Å². The molecule has 0 bridgehead atoms. The Morgan fingerprint density at radius 2 is 2.09 bits per heavy atom. The van der Waals surface area contributed by atoms with E-state index in [-0.39, 0.29) is 24.0 Å². The van der Waals surface area contributed by atoms with Crippen molar-refractivity contribution >= 4 is 29.9 Å². The van der Waals surface area contributed by atoms with Crippen LogP contribution in [0.25, 0.3) is 0 Å². The van der Waals surface area contributed by atoms with Crippen LogP contribution < -0.4 is 10.5 Å². The maximum absolute atomic E-state index is 6.18. The molecule has 3 rings (SSSR count). The van der Waals surface area contributed by atoms with E-state index in [1.54, 1.807) is 0 Å². The molecule has 1 saturated carbocycles. The molecule has 2 N–H and O–H groups in total. The van der Waals surface area contributed by atoms with Crippen molar-refractivity contribution in [2.45, 2.75) is 39.2 Å². The van der Waals surface area contributed by atoms with Crippen LogP contribution in [0.4, 0.5) is 0 Å². The molecule has 1 atom stereocenters. The zero-order valence-corrected chi connectivity index (χ0v) is 16.2. The summed E-state index contributed by atoms with van der Waals surface area (Å²) in [5.74, 6) is 3.09. The Labute approximate surface area is 156 Å². The maximum atomic E-state index is 6.18. The summed E-state index contributed by atoms with van der Waals surface area (Å²) >= 11 is 0. The molecule has 23 heavy (non-hydrogen) atoms. The number of piperidine rings is 1. The summed E-state index contributed by atoms with van der Waals surface area (Å²) < 4.78 is 5.93. The molecule has 0 spiro atoms. The third-order valence-corrected chi connectivity index (χ3v) is 4.54. The lowest BCUT2D eigenvalue weighted by Crippen LogP contribution is -2.43. The van der Waals surface area contributed by atoms with Gasteiger partial charge < -0.3 is 15.4 Å². The molecular formula is C18H28IN3O. The van der Waals surface area contributed by atoms with E-state index in [0.717, 1.165) is 36.9 Å². The molecule has 1 saturated heterocycles. The first-order valence-electron chi connectivity index (χ1n) is 8.48.